The molecule has 0 saturated heterocycles. The lowest BCUT2D eigenvalue weighted by Crippen LogP contribution is -2.27. The van der Waals surface area contributed by atoms with Gasteiger partial charge in [0.05, 0.1) is 25.9 Å². The first-order chi connectivity index (χ1) is 12.1. The molecule has 1 aliphatic rings. The first kappa shape index (κ1) is 20.0. The highest BCUT2D eigenvalue weighted by atomic mass is 16.5. The molecule has 0 radical (unpaired) electrons. The van der Waals surface area contributed by atoms with Crippen LogP contribution in [0.25, 0.3) is 0 Å². The number of rotatable bonds is 10. The number of aliphatic hydroxyl groups excluding tert-OH is 1. The van der Waals surface area contributed by atoms with Crippen molar-refractivity contribution in [2.75, 3.05) is 34.4 Å². The van der Waals surface area contributed by atoms with Crippen LogP contribution in [-0.2, 0) is 11.2 Å². The molecule has 0 heterocycles. The molecule has 0 amide bonds. The van der Waals surface area contributed by atoms with Gasteiger partial charge in [-0.15, -0.1) is 0 Å². The van der Waals surface area contributed by atoms with Gasteiger partial charge in [0.2, 0.25) is 0 Å². The molecule has 2 rings (SSSR count). The normalized spacial score (nSPS) is 18.9. The van der Waals surface area contributed by atoms with Crippen LogP contribution in [0.3, 0.4) is 0 Å². The lowest BCUT2D eigenvalue weighted by molar-refractivity contribution is -0.00600. The summed E-state index contributed by atoms with van der Waals surface area (Å²) < 4.78 is 11.4. The first-order valence-electron chi connectivity index (χ1n) is 9.34. The molecule has 2 unspecified atom stereocenters. The molecule has 2 atom stereocenters. The number of allylic oxidation sites excluding steroid dienone is 1. The van der Waals surface area contributed by atoms with Crippen LogP contribution in [0.2, 0.25) is 0 Å². The van der Waals surface area contributed by atoms with Crippen LogP contribution in [0.4, 0.5) is 0 Å². The average molecular weight is 347 g/mol. The number of aliphatic hydroxyl groups is 1. The van der Waals surface area contributed by atoms with Crippen molar-refractivity contribution in [1.82, 2.24) is 4.90 Å². The molecule has 0 fully saturated rings. The van der Waals surface area contributed by atoms with Crippen LogP contribution < -0.4 is 4.74 Å². The van der Waals surface area contributed by atoms with Gasteiger partial charge >= 0.3 is 0 Å². The third kappa shape index (κ3) is 7.18. The topological polar surface area (TPSA) is 41.9 Å². The lowest BCUT2D eigenvalue weighted by atomic mass is 9.91. The van der Waals surface area contributed by atoms with Crippen LogP contribution in [-0.4, -0.2) is 56.6 Å². The van der Waals surface area contributed by atoms with Crippen molar-refractivity contribution in [3.8, 4) is 5.75 Å². The number of ether oxygens (including phenoxy) is 2. The summed E-state index contributed by atoms with van der Waals surface area (Å²) >= 11 is 0. The van der Waals surface area contributed by atoms with Crippen LogP contribution in [0.1, 0.15) is 37.7 Å². The molecule has 0 saturated carbocycles. The van der Waals surface area contributed by atoms with E-state index in [1.54, 1.807) is 7.11 Å². The average Bonchev–Trinajstić information content (AvgIpc) is 2.63. The standard InChI is InChI=1S/C21H33NO3/c1-22(2)14-13-19(23)16-25-21-10-5-4-8-18(21)12-11-17-7-6-9-20(15-17)24-3/h6-9,15,19,21,23H,4-5,10-14,16H2,1-3H3. The van der Waals surface area contributed by atoms with Crippen LogP contribution in [0, 0.1) is 0 Å². The van der Waals surface area contributed by atoms with Gasteiger partial charge in [0.15, 0.2) is 0 Å². The molecule has 1 N–H and O–H groups in total. The van der Waals surface area contributed by atoms with E-state index in [9.17, 15) is 5.11 Å². The van der Waals surface area contributed by atoms with Gasteiger partial charge < -0.3 is 19.5 Å². The minimum Gasteiger partial charge on any atom is -0.497 e. The summed E-state index contributed by atoms with van der Waals surface area (Å²) in [6.07, 6.45) is 8.22. The fourth-order valence-corrected chi connectivity index (χ4v) is 3.20. The third-order valence-electron chi connectivity index (χ3n) is 4.73. The number of nitrogens with zero attached hydrogens (tertiary/aromatic N) is 1. The van der Waals surface area contributed by atoms with Gasteiger partial charge in [-0.05, 0) is 75.9 Å². The lowest BCUT2D eigenvalue weighted by Gasteiger charge is -2.26. The molecule has 0 aliphatic heterocycles. The zero-order valence-corrected chi connectivity index (χ0v) is 15.9. The fraction of sp³-hybridized carbons (Fsp3) is 0.619. The molecule has 1 aromatic carbocycles. The predicted molar refractivity (Wildman–Crippen MR) is 102 cm³/mol. The number of hydrogen-bond acceptors (Lipinski definition) is 4. The maximum Gasteiger partial charge on any atom is 0.119 e. The molecule has 25 heavy (non-hydrogen) atoms. The van der Waals surface area contributed by atoms with Crippen molar-refractivity contribution in [3.63, 3.8) is 0 Å². The zero-order valence-electron chi connectivity index (χ0n) is 15.9. The highest BCUT2D eigenvalue weighted by molar-refractivity contribution is 5.29. The Hall–Kier alpha value is -1.36. The van der Waals surface area contributed by atoms with E-state index in [1.807, 2.05) is 26.2 Å². The summed E-state index contributed by atoms with van der Waals surface area (Å²) in [6.45, 7) is 1.31. The number of benzene rings is 1. The van der Waals surface area contributed by atoms with Gasteiger partial charge in [-0.25, -0.2) is 0 Å². The molecule has 1 aliphatic carbocycles. The van der Waals surface area contributed by atoms with E-state index in [-0.39, 0.29) is 12.2 Å². The summed E-state index contributed by atoms with van der Waals surface area (Å²) in [6, 6.07) is 8.26. The van der Waals surface area contributed by atoms with E-state index >= 15 is 0 Å². The van der Waals surface area contributed by atoms with Gasteiger partial charge in [-0.2, -0.15) is 0 Å². The smallest absolute Gasteiger partial charge is 0.119 e. The van der Waals surface area contributed by atoms with Gasteiger partial charge in [0.25, 0.3) is 0 Å². The monoisotopic (exact) mass is 347 g/mol. The summed E-state index contributed by atoms with van der Waals surface area (Å²) in [5.74, 6) is 0.909. The Morgan fingerprint density at radius 1 is 1.28 bits per heavy atom. The third-order valence-corrected chi connectivity index (χ3v) is 4.73. The summed E-state index contributed by atoms with van der Waals surface area (Å²) in [5.41, 5.74) is 2.67. The minimum absolute atomic E-state index is 0.161. The number of methoxy groups -OCH3 is 1. The van der Waals surface area contributed by atoms with Gasteiger partial charge in [0, 0.05) is 6.54 Å². The Balaban J connectivity index is 1.82. The second-order valence-electron chi connectivity index (χ2n) is 7.13. The molecular formula is C21H33NO3. The van der Waals surface area contributed by atoms with Crippen molar-refractivity contribution in [3.05, 3.63) is 41.5 Å². The van der Waals surface area contributed by atoms with Crippen molar-refractivity contribution in [1.29, 1.82) is 0 Å². The molecule has 0 aromatic heterocycles. The fourth-order valence-electron chi connectivity index (χ4n) is 3.20. The molecular weight excluding hydrogens is 314 g/mol. The van der Waals surface area contributed by atoms with Crippen LogP contribution in [0.15, 0.2) is 35.9 Å². The number of hydrogen-bond donors (Lipinski definition) is 1. The summed E-state index contributed by atoms with van der Waals surface area (Å²) in [7, 11) is 5.75. The van der Waals surface area contributed by atoms with Crippen molar-refractivity contribution < 1.29 is 14.6 Å². The van der Waals surface area contributed by atoms with E-state index in [2.05, 4.69) is 23.1 Å². The van der Waals surface area contributed by atoms with Gasteiger partial charge in [-0.1, -0.05) is 18.2 Å². The van der Waals surface area contributed by atoms with Gasteiger partial charge in [-0.3, -0.25) is 0 Å². The molecule has 0 spiro atoms. The SMILES string of the molecule is COc1cccc(CCC2=CCCCC2OCC(O)CCN(C)C)c1. The maximum absolute atomic E-state index is 10.1. The van der Waals surface area contributed by atoms with E-state index < -0.39 is 0 Å². The molecule has 1 aromatic rings. The van der Waals surface area contributed by atoms with Crippen molar-refractivity contribution in [2.45, 2.75) is 50.7 Å². The Morgan fingerprint density at radius 3 is 2.88 bits per heavy atom. The first-order valence-corrected chi connectivity index (χ1v) is 9.34. The Labute approximate surface area is 152 Å². The zero-order chi connectivity index (χ0) is 18.1. The predicted octanol–water partition coefficient (Wildman–Crippen LogP) is 3.44. The van der Waals surface area contributed by atoms with E-state index in [0.717, 1.165) is 44.4 Å². The largest absolute Gasteiger partial charge is 0.497 e. The molecule has 4 heteroatoms. The quantitative estimate of drug-likeness (QED) is 0.659. The maximum atomic E-state index is 10.1. The Morgan fingerprint density at radius 2 is 2.12 bits per heavy atom. The highest BCUT2D eigenvalue weighted by Crippen LogP contribution is 2.26. The van der Waals surface area contributed by atoms with Crippen molar-refractivity contribution >= 4 is 0 Å². The van der Waals surface area contributed by atoms with Crippen LogP contribution >= 0.6 is 0 Å². The van der Waals surface area contributed by atoms with E-state index in [0.29, 0.717) is 6.61 Å². The van der Waals surface area contributed by atoms with E-state index in [1.165, 1.54) is 17.6 Å². The molecule has 0 bridgehead atoms. The Kier molecular flexibility index (Phi) is 8.45. The second-order valence-corrected chi connectivity index (χ2v) is 7.13. The second kappa shape index (κ2) is 10.6. The summed E-state index contributed by atoms with van der Waals surface area (Å²) in [4.78, 5) is 2.09. The van der Waals surface area contributed by atoms with Crippen LogP contribution in [0.5, 0.6) is 5.75 Å². The van der Waals surface area contributed by atoms with Gasteiger partial charge in [0.1, 0.15) is 5.75 Å². The minimum atomic E-state index is -0.385. The number of aryl methyl sites for hydroxylation is 1. The van der Waals surface area contributed by atoms with Crippen molar-refractivity contribution in [2.24, 2.45) is 0 Å². The molecule has 140 valence electrons. The van der Waals surface area contributed by atoms with E-state index in [4.69, 9.17) is 9.47 Å². The summed E-state index contributed by atoms with van der Waals surface area (Å²) in [5, 5.41) is 10.1. The highest BCUT2D eigenvalue weighted by Gasteiger charge is 2.19. The molecule has 4 nitrogen and oxygen atoms in total. The Bertz CT molecular complexity index is 542.